The Morgan fingerprint density at radius 3 is 1.81 bits per heavy atom. The highest BCUT2D eigenvalue weighted by Gasteiger charge is 2.34. The van der Waals surface area contributed by atoms with Crippen molar-refractivity contribution in [3.63, 3.8) is 0 Å². The highest BCUT2D eigenvalue weighted by Crippen LogP contribution is 2.51. The smallest absolute Gasteiger partial charge is 0.0159 e. The summed E-state index contributed by atoms with van der Waals surface area (Å²) in [5.41, 5.74) is 5.63. The van der Waals surface area contributed by atoms with Gasteiger partial charge >= 0.3 is 0 Å². The van der Waals surface area contributed by atoms with Crippen LogP contribution in [0.4, 0.5) is 0 Å². The number of fused-ring (bicyclic) bond motifs is 5. The zero-order valence-corrected chi connectivity index (χ0v) is 19.6. The zero-order chi connectivity index (χ0) is 22.2. The van der Waals surface area contributed by atoms with E-state index in [0.717, 1.165) is 0 Å². The standard InChI is InChI=1S/C27H20.2C2H6/c1-27(2)23-13-7-11-20-14-19-10-5-6-12-21(19)26(25(20)23)22-15-17-8-3-4-9-18(17)16-24(22)27;2*1-2/h3-16H,1-2H3;2*1-2H3. The molecule has 5 aromatic carbocycles. The Morgan fingerprint density at radius 1 is 0.516 bits per heavy atom. The van der Waals surface area contributed by atoms with Crippen molar-refractivity contribution in [3.8, 4) is 11.1 Å². The van der Waals surface area contributed by atoms with Crippen LogP contribution in [0.15, 0.2) is 84.9 Å². The van der Waals surface area contributed by atoms with Gasteiger partial charge in [0.25, 0.3) is 0 Å². The minimum atomic E-state index is -0.0195. The van der Waals surface area contributed by atoms with Gasteiger partial charge < -0.3 is 0 Å². The van der Waals surface area contributed by atoms with Crippen molar-refractivity contribution in [1.29, 1.82) is 0 Å². The highest BCUT2D eigenvalue weighted by molar-refractivity contribution is 6.17. The fourth-order valence-electron chi connectivity index (χ4n) is 5.03. The van der Waals surface area contributed by atoms with Crippen LogP contribution in [-0.4, -0.2) is 0 Å². The quantitative estimate of drug-likeness (QED) is 0.225. The van der Waals surface area contributed by atoms with E-state index >= 15 is 0 Å². The van der Waals surface area contributed by atoms with Gasteiger partial charge in [-0.1, -0.05) is 108 Å². The van der Waals surface area contributed by atoms with Gasteiger partial charge in [0.15, 0.2) is 0 Å². The van der Waals surface area contributed by atoms with Crippen molar-refractivity contribution < 1.29 is 0 Å². The summed E-state index contributed by atoms with van der Waals surface area (Å²) in [6.45, 7) is 12.7. The molecule has 5 aromatic rings. The molecule has 0 fully saturated rings. The van der Waals surface area contributed by atoms with Crippen LogP contribution in [0.1, 0.15) is 52.7 Å². The minimum absolute atomic E-state index is 0.0195. The molecule has 0 saturated heterocycles. The van der Waals surface area contributed by atoms with E-state index in [0.29, 0.717) is 0 Å². The van der Waals surface area contributed by atoms with Gasteiger partial charge in [0.05, 0.1) is 0 Å². The molecule has 0 N–H and O–H groups in total. The van der Waals surface area contributed by atoms with E-state index in [-0.39, 0.29) is 5.41 Å². The predicted molar refractivity (Wildman–Crippen MR) is 139 cm³/mol. The average molecular weight is 405 g/mol. The van der Waals surface area contributed by atoms with E-state index < -0.39 is 0 Å². The fraction of sp³-hybridized carbons (Fsp3) is 0.226. The molecule has 0 amide bonds. The summed E-state index contributed by atoms with van der Waals surface area (Å²) in [6, 6.07) is 31.5. The van der Waals surface area contributed by atoms with Crippen molar-refractivity contribution in [2.45, 2.75) is 47.0 Å². The molecule has 6 rings (SSSR count). The van der Waals surface area contributed by atoms with Crippen LogP contribution in [-0.2, 0) is 5.41 Å². The van der Waals surface area contributed by atoms with Crippen LogP contribution < -0.4 is 0 Å². The Hall–Kier alpha value is -3.12. The van der Waals surface area contributed by atoms with E-state index in [2.05, 4.69) is 98.8 Å². The molecule has 1 aliphatic rings. The Morgan fingerprint density at radius 2 is 1.10 bits per heavy atom. The lowest BCUT2D eigenvalue weighted by Crippen LogP contribution is -2.23. The molecule has 0 heterocycles. The molecule has 0 saturated carbocycles. The lowest BCUT2D eigenvalue weighted by molar-refractivity contribution is 0.646. The number of benzene rings is 5. The lowest BCUT2D eigenvalue weighted by atomic mass is 9.67. The van der Waals surface area contributed by atoms with Gasteiger partial charge in [-0.05, 0) is 72.8 Å². The first-order valence-electron chi connectivity index (χ1n) is 11.6. The molecule has 0 spiro atoms. The maximum atomic E-state index is 2.41. The maximum absolute atomic E-state index is 2.41. The third kappa shape index (κ3) is 3.13. The molecule has 0 bridgehead atoms. The summed E-state index contributed by atoms with van der Waals surface area (Å²) in [5.74, 6) is 0. The van der Waals surface area contributed by atoms with Gasteiger partial charge in [-0.15, -0.1) is 0 Å². The normalized spacial score (nSPS) is 13.1. The van der Waals surface area contributed by atoms with Crippen LogP contribution in [0.2, 0.25) is 0 Å². The zero-order valence-electron chi connectivity index (χ0n) is 19.6. The van der Waals surface area contributed by atoms with Crippen molar-refractivity contribution in [3.05, 3.63) is 96.1 Å². The van der Waals surface area contributed by atoms with E-state index in [1.54, 1.807) is 0 Å². The SMILES string of the molecule is CC.CC.CC1(C)c2cc3ccccc3cc2-c2c3ccccc3cc3cccc1c23. The molecular weight excluding hydrogens is 372 g/mol. The minimum Gasteiger partial charge on any atom is -0.0683 e. The topological polar surface area (TPSA) is 0 Å². The number of rotatable bonds is 0. The highest BCUT2D eigenvalue weighted by atomic mass is 14.4. The second-order valence-electron chi connectivity index (χ2n) is 8.25. The lowest BCUT2D eigenvalue weighted by Gasteiger charge is -2.36. The first-order valence-corrected chi connectivity index (χ1v) is 11.6. The fourth-order valence-corrected chi connectivity index (χ4v) is 5.03. The molecule has 0 radical (unpaired) electrons. The molecule has 0 heteroatoms. The Bertz CT molecular complexity index is 1390. The van der Waals surface area contributed by atoms with Gasteiger partial charge in [0.2, 0.25) is 0 Å². The molecule has 0 unspecified atom stereocenters. The Labute approximate surface area is 186 Å². The number of hydrogen-bond donors (Lipinski definition) is 0. The van der Waals surface area contributed by atoms with Gasteiger partial charge in [0, 0.05) is 5.41 Å². The second kappa shape index (κ2) is 8.19. The van der Waals surface area contributed by atoms with Gasteiger partial charge in [-0.2, -0.15) is 0 Å². The van der Waals surface area contributed by atoms with E-state index in [9.17, 15) is 0 Å². The van der Waals surface area contributed by atoms with Crippen LogP contribution >= 0.6 is 0 Å². The summed E-state index contributed by atoms with van der Waals surface area (Å²) < 4.78 is 0. The third-order valence-electron chi connectivity index (χ3n) is 6.39. The predicted octanol–water partition coefficient (Wildman–Crippen LogP) is 9.50. The van der Waals surface area contributed by atoms with Crippen molar-refractivity contribution in [1.82, 2.24) is 0 Å². The van der Waals surface area contributed by atoms with Gasteiger partial charge in [-0.25, -0.2) is 0 Å². The molecule has 0 nitrogen and oxygen atoms in total. The first kappa shape index (κ1) is 21.1. The van der Waals surface area contributed by atoms with Gasteiger partial charge in [0.1, 0.15) is 0 Å². The van der Waals surface area contributed by atoms with Gasteiger partial charge in [-0.3, -0.25) is 0 Å². The summed E-state index contributed by atoms with van der Waals surface area (Å²) in [6.07, 6.45) is 0. The van der Waals surface area contributed by atoms with Crippen LogP contribution in [0.5, 0.6) is 0 Å². The average Bonchev–Trinajstić information content (AvgIpc) is 2.83. The molecule has 31 heavy (non-hydrogen) atoms. The maximum Gasteiger partial charge on any atom is 0.0159 e. The Kier molecular flexibility index (Phi) is 5.58. The van der Waals surface area contributed by atoms with Crippen molar-refractivity contribution in [2.75, 3.05) is 0 Å². The van der Waals surface area contributed by atoms with E-state index in [1.165, 1.54) is 54.6 Å². The summed E-state index contributed by atoms with van der Waals surface area (Å²) in [5, 5.41) is 8.06. The molecular formula is C31H32. The summed E-state index contributed by atoms with van der Waals surface area (Å²) in [4.78, 5) is 0. The summed E-state index contributed by atoms with van der Waals surface area (Å²) in [7, 11) is 0. The summed E-state index contributed by atoms with van der Waals surface area (Å²) >= 11 is 0. The molecule has 1 aliphatic carbocycles. The number of hydrogen-bond acceptors (Lipinski definition) is 0. The van der Waals surface area contributed by atoms with Crippen LogP contribution in [0.25, 0.3) is 43.4 Å². The van der Waals surface area contributed by atoms with E-state index in [1.807, 2.05) is 27.7 Å². The van der Waals surface area contributed by atoms with Crippen LogP contribution in [0.3, 0.4) is 0 Å². The first-order chi connectivity index (χ1) is 15.1. The van der Waals surface area contributed by atoms with Crippen LogP contribution in [0, 0.1) is 0 Å². The largest absolute Gasteiger partial charge is 0.0683 e. The molecule has 0 aliphatic heterocycles. The molecule has 0 atom stereocenters. The molecule has 156 valence electrons. The van der Waals surface area contributed by atoms with E-state index in [4.69, 9.17) is 0 Å². The monoisotopic (exact) mass is 404 g/mol. The van der Waals surface area contributed by atoms with Crippen molar-refractivity contribution in [2.24, 2.45) is 0 Å². The third-order valence-corrected chi connectivity index (χ3v) is 6.39. The van der Waals surface area contributed by atoms with Crippen molar-refractivity contribution >= 4 is 32.3 Å². The molecule has 0 aromatic heterocycles. The second-order valence-corrected chi connectivity index (χ2v) is 8.25. The Balaban J connectivity index is 0.000000549.